The lowest BCUT2D eigenvalue weighted by atomic mass is 9.37. The van der Waals surface area contributed by atoms with Crippen LogP contribution in [0.15, 0.2) is 0 Å². The Morgan fingerprint density at radius 1 is 1.19 bits per heavy atom. The Bertz CT molecular complexity index is 364. The highest BCUT2D eigenvalue weighted by Gasteiger charge is 2.65. The van der Waals surface area contributed by atoms with Crippen LogP contribution >= 0.6 is 0 Å². The van der Waals surface area contributed by atoms with Crippen LogP contribution in [0.3, 0.4) is 0 Å². The third-order valence-corrected chi connectivity index (χ3v) is 6.01. The molecule has 4 aliphatic rings. The Hall–Kier alpha value is -0.530. The van der Waals surface area contributed by atoms with Gasteiger partial charge in [0.25, 0.3) is 0 Å². The summed E-state index contributed by atoms with van der Waals surface area (Å²) < 4.78 is 0. The molecule has 5 atom stereocenters. The summed E-state index contributed by atoms with van der Waals surface area (Å²) in [6, 6.07) is 0. The van der Waals surface area contributed by atoms with Crippen molar-refractivity contribution in [2.75, 3.05) is 0 Å². The first-order chi connectivity index (χ1) is 7.29. The summed E-state index contributed by atoms with van der Waals surface area (Å²) in [5, 5.41) is 9.59. The molecule has 4 rings (SSSR count). The van der Waals surface area contributed by atoms with Crippen molar-refractivity contribution in [1.82, 2.24) is 0 Å². The Balaban J connectivity index is 2.08. The maximum atomic E-state index is 11.6. The fourth-order valence-corrected chi connectivity index (χ4v) is 5.73. The average Bonchev–Trinajstić information content (AvgIpc) is 2.10. The van der Waals surface area contributed by atoms with Crippen LogP contribution in [0.25, 0.3) is 0 Å². The lowest BCUT2D eigenvalue weighted by molar-refractivity contribution is -0.200. The first-order valence-electron chi connectivity index (χ1n) is 6.52. The van der Waals surface area contributed by atoms with E-state index >= 15 is 0 Å². The Kier molecular flexibility index (Phi) is 1.76. The summed E-state index contributed by atoms with van der Waals surface area (Å²) in [6.45, 7) is 7.00. The van der Waals surface area contributed by atoms with Gasteiger partial charge in [-0.15, -0.1) is 0 Å². The quantitative estimate of drug-likeness (QED) is 0.739. The molecule has 90 valence electrons. The van der Waals surface area contributed by atoms with Gasteiger partial charge < -0.3 is 5.11 Å². The lowest BCUT2D eigenvalue weighted by Crippen LogP contribution is -2.61. The highest BCUT2D eigenvalue weighted by atomic mass is 16.4. The van der Waals surface area contributed by atoms with E-state index in [1.165, 1.54) is 12.8 Å². The standard InChI is InChI=1S/C14H22O2/c1-9-10-4-12(2)6-13(9,3)8-14(5-10,7-12)11(15)16/h9-10H,4-8H2,1-3H3,(H,15,16)/t9-,10+,12-,13-,14-/m1/s1. The second-order valence-electron chi connectivity index (χ2n) is 7.54. The van der Waals surface area contributed by atoms with Crippen LogP contribution in [0.5, 0.6) is 0 Å². The molecule has 0 saturated heterocycles. The zero-order valence-electron chi connectivity index (χ0n) is 10.5. The summed E-state index contributed by atoms with van der Waals surface area (Å²) in [5.74, 6) is 0.844. The maximum absolute atomic E-state index is 11.6. The Morgan fingerprint density at radius 2 is 1.88 bits per heavy atom. The fraction of sp³-hybridized carbons (Fsp3) is 0.929. The second-order valence-corrected chi connectivity index (χ2v) is 7.54. The third kappa shape index (κ3) is 1.11. The van der Waals surface area contributed by atoms with Gasteiger partial charge in [-0.3, -0.25) is 4.79 Å². The smallest absolute Gasteiger partial charge is 0.309 e. The number of rotatable bonds is 1. The van der Waals surface area contributed by atoms with Crippen LogP contribution in [0, 0.1) is 28.1 Å². The third-order valence-electron chi connectivity index (χ3n) is 6.01. The zero-order valence-corrected chi connectivity index (χ0v) is 10.5. The van der Waals surface area contributed by atoms with E-state index in [-0.39, 0.29) is 10.8 Å². The van der Waals surface area contributed by atoms with Gasteiger partial charge in [0.05, 0.1) is 5.41 Å². The summed E-state index contributed by atoms with van der Waals surface area (Å²) in [6.07, 6.45) is 5.29. The van der Waals surface area contributed by atoms with Crippen molar-refractivity contribution in [3.63, 3.8) is 0 Å². The van der Waals surface area contributed by atoms with E-state index in [0.29, 0.717) is 17.3 Å². The van der Waals surface area contributed by atoms with E-state index in [1.54, 1.807) is 0 Å². The van der Waals surface area contributed by atoms with E-state index in [0.717, 1.165) is 19.3 Å². The molecule has 0 aromatic carbocycles. The molecule has 0 spiro atoms. The average molecular weight is 222 g/mol. The molecule has 4 aliphatic carbocycles. The van der Waals surface area contributed by atoms with Gasteiger partial charge in [0, 0.05) is 0 Å². The highest BCUT2D eigenvalue weighted by molar-refractivity contribution is 5.75. The maximum Gasteiger partial charge on any atom is 0.309 e. The summed E-state index contributed by atoms with van der Waals surface area (Å²) in [4.78, 5) is 11.6. The number of hydrogen-bond acceptors (Lipinski definition) is 1. The van der Waals surface area contributed by atoms with Crippen molar-refractivity contribution in [3.8, 4) is 0 Å². The molecule has 0 aliphatic heterocycles. The minimum atomic E-state index is -0.527. The van der Waals surface area contributed by atoms with Crippen LogP contribution in [-0.4, -0.2) is 11.1 Å². The van der Waals surface area contributed by atoms with Crippen molar-refractivity contribution in [3.05, 3.63) is 0 Å². The predicted molar refractivity (Wildman–Crippen MR) is 62.0 cm³/mol. The zero-order chi connectivity index (χ0) is 11.8. The molecule has 16 heavy (non-hydrogen) atoms. The molecule has 0 amide bonds. The largest absolute Gasteiger partial charge is 0.481 e. The minimum absolute atomic E-state index is 0.284. The topological polar surface area (TPSA) is 37.3 Å². The molecule has 2 heteroatoms. The number of carboxylic acids is 1. The molecule has 4 bridgehead atoms. The number of aliphatic carboxylic acids is 1. The normalized spacial score (nSPS) is 58.9. The van der Waals surface area contributed by atoms with Crippen molar-refractivity contribution < 1.29 is 9.90 Å². The molecule has 0 aromatic heterocycles. The monoisotopic (exact) mass is 222 g/mol. The molecular weight excluding hydrogens is 200 g/mol. The van der Waals surface area contributed by atoms with Crippen molar-refractivity contribution in [2.24, 2.45) is 28.1 Å². The molecule has 2 nitrogen and oxygen atoms in total. The van der Waals surface area contributed by atoms with Crippen LogP contribution in [0.2, 0.25) is 0 Å². The summed E-state index contributed by atoms with van der Waals surface area (Å²) in [7, 11) is 0. The van der Waals surface area contributed by atoms with E-state index < -0.39 is 5.97 Å². The summed E-state index contributed by atoms with van der Waals surface area (Å²) in [5.41, 5.74) is 0.213. The predicted octanol–water partition coefficient (Wildman–Crippen LogP) is 3.31. The van der Waals surface area contributed by atoms with Crippen LogP contribution in [0.4, 0.5) is 0 Å². The van der Waals surface area contributed by atoms with Gasteiger partial charge in [0.2, 0.25) is 0 Å². The highest BCUT2D eigenvalue weighted by Crippen LogP contribution is 2.71. The number of hydrogen-bond donors (Lipinski definition) is 1. The molecule has 0 heterocycles. The molecule has 1 N–H and O–H groups in total. The number of carboxylic acid groups (broad SMARTS) is 1. The Morgan fingerprint density at radius 3 is 2.44 bits per heavy atom. The van der Waals surface area contributed by atoms with E-state index in [2.05, 4.69) is 20.8 Å². The van der Waals surface area contributed by atoms with Crippen molar-refractivity contribution in [1.29, 1.82) is 0 Å². The van der Waals surface area contributed by atoms with Gasteiger partial charge >= 0.3 is 5.97 Å². The first-order valence-corrected chi connectivity index (χ1v) is 6.52. The van der Waals surface area contributed by atoms with E-state index in [1.807, 2.05) is 0 Å². The van der Waals surface area contributed by atoms with Crippen LogP contribution < -0.4 is 0 Å². The van der Waals surface area contributed by atoms with Gasteiger partial charge in [-0.1, -0.05) is 20.8 Å². The molecule has 4 saturated carbocycles. The minimum Gasteiger partial charge on any atom is -0.481 e. The van der Waals surface area contributed by atoms with Gasteiger partial charge in [0.1, 0.15) is 0 Å². The fourth-order valence-electron chi connectivity index (χ4n) is 5.73. The van der Waals surface area contributed by atoms with Crippen LogP contribution in [0.1, 0.15) is 52.9 Å². The first kappa shape index (κ1) is 10.6. The molecule has 4 fully saturated rings. The summed E-state index contributed by atoms with van der Waals surface area (Å²) >= 11 is 0. The van der Waals surface area contributed by atoms with Gasteiger partial charge in [-0.05, 0) is 54.8 Å². The molecule has 0 aromatic rings. The van der Waals surface area contributed by atoms with Gasteiger partial charge in [-0.25, -0.2) is 0 Å². The Labute approximate surface area is 97.4 Å². The molecule has 0 unspecified atom stereocenters. The van der Waals surface area contributed by atoms with Gasteiger partial charge in [0.15, 0.2) is 0 Å². The van der Waals surface area contributed by atoms with E-state index in [4.69, 9.17) is 0 Å². The SMILES string of the molecule is C[C@@H]1[C@H]2C[C@@]3(C)C[C@](C(=O)O)(C2)C[C@@]1(C)C3. The van der Waals surface area contributed by atoms with Gasteiger partial charge in [-0.2, -0.15) is 0 Å². The van der Waals surface area contributed by atoms with Crippen molar-refractivity contribution in [2.45, 2.75) is 52.9 Å². The molecular formula is C14H22O2. The van der Waals surface area contributed by atoms with Crippen molar-refractivity contribution >= 4 is 5.97 Å². The number of carbonyl (C=O) groups is 1. The van der Waals surface area contributed by atoms with Crippen LogP contribution in [-0.2, 0) is 4.79 Å². The van der Waals surface area contributed by atoms with E-state index in [9.17, 15) is 9.90 Å². The molecule has 0 radical (unpaired) electrons. The lowest BCUT2D eigenvalue weighted by Gasteiger charge is -2.66. The second kappa shape index (κ2) is 2.65.